The van der Waals surface area contributed by atoms with Crippen LogP contribution in [0, 0.1) is 20.8 Å². The summed E-state index contributed by atoms with van der Waals surface area (Å²) in [6.45, 7) is 18.0. The van der Waals surface area contributed by atoms with Crippen LogP contribution in [-0.4, -0.2) is 72.1 Å². The molecule has 0 bridgehead atoms. The lowest BCUT2D eigenvalue weighted by Gasteiger charge is -2.42. The summed E-state index contributed by atoms with van der Waals surface area (Å²) in [5, 5.41) is 0. The van der Waals surface area contributed by atoms with E-state index >= 15 is 0 Å². The zero-order valence-electron chi connectivity index (χ0n) is 23.9. The maximum atomic E-state index is 12.3. The number of amidine groups is 1. The molecule has 200 valence electrons. The van der Waals surface area contributed by atoms with Crippen molar-refractivity contribution in [2.24, 2.45) is 4.99 Å². The Morgan fingerprint density at radius 3 is 2.54 bits per heavy atom. The number of benzene rings is 1. The number of hydrogen-bond acceptors (Lipinski definition) is 5. The maximum Gasteiger partial charge on any atom is 0.246 e. The van der Waals surface area contributed by atoms with E-state index in [1.165, 1.54) is 17.1 Å². The van der Waals surface area contributed by atoms with E-state index in [1.807, 2.05) is 43.5 Å². The molecule has 1 unspecified atom stereocenters. The number of carbonyl (C=O) groups is 1. The number of rotatable bonds is 6. The molecular formula is C31H37BN6O. The molecule has 1 aromatic carbocycles. The number of pyridine rings is 2. The van der Waals surface area contributed by atoms with Crippen molar-refractivity contribution >= 4 is 36.4 Å². The Morgan fingerprint density at radius 2 is 1.92 bits per heavy atom. The van der Waals surface area contributed by atoms with Gasteiger partial charge in [0.05, 0.1) is 28.3 Å². The highest BCUT2D eigenvalue weighted by Gasteiger charge is 2.31. The molecule has 1 fully saturated rings. The standard InChI is InChI=1S/C31H37BN6O/c1-8-28(39)36-15-16-38(22(5)19-36)31(33-7)24-18-35-26(29-20(3)11-10-12-25(29)32)17-27(24)37(9-2)30-21(4)13-14-34-23(30)6/h8-14,17-18,22H,1-2,15-16,19,32H2,3-7H3/b33-31+. The molecule has 1 aliphatic rings. The summed E-state index contributed by atoms with van der Waals surface area (Å²) in [5.74, 6) is 0.784. The number of aromatic nitrogens is 2. The topological polar surface area (TPSA) is 64.9 Å². The second kappa shape index (κ2) is 11.7. The highest BCUT2D eigenvalue weighted by atomic mass is 16.2. The van der Waals surface area contributed by atoms with Gasteiger partial charge in [0.15, 0.2) is 0 Å². The molecular weight excluding hydrogens is 483 g/mol. The summed E-state index contributed by atoms with van der Waals surface area (Å²) in [6.07, 6.45) is 6.97. The number of hydrogen-bond donors (Lipinski definition) is 0. The number of piperazine rings is 1. The van der Waals surface area contributed by atoms with E-state index < -0.39 is 0 Å². The summed E-state index contributed by atoms with van der Waals surface area (Å²) < 4.78 is 0. The second-order valence-electron chi connectivity index (χ2n) is 10.0. The van der Waals surface area contributed by atoms with Crippen LogP contribution in [0.1, 0.15) is 29.3 Å². The van der Waals surface area contributed by atoms with E-state index in [-0.39, 0.29) is 11.9 Å². The molecule has 8 heteroatoms. The fourth-order valence-electron chi connectivity index (χ4n) is 5.54. The Labute approximate surface area is 233 Å². The van der Waals surface area contributed by atoms with Gasteiger partial charge in [-0.25, -0.2) is 0 Å². The summed E-state index contributed by atoms with van der Waals surface area (Å²) in [4.78, 5) is 32.8. The number of carbonyl (C=O) groups excluding carboxylic acids is 1. The Balaban J connectivity index is 1.90. The van der Waals surface area contributed by atoms with Gasteiger partial charge in [0.25, 0.3) is 0 Å². The molecule has 0 radical (unpaired) electrons. The van der Waals surface area contributed by atoms with Crippen molar-refractivity contribution in [3.63, 3.8) is 0 Å². The van der Waals surface area contributed by atoms with Gasteiger partial charge in [-0.15, -0.1) is 0 Å². The minimum atomic E-state index is -0.0443. The molecule has 2 aromatic heterocycles. The Hall–Kier alpha value is -4.20. The minimum absolute atomic E-state index is 0.0443. The molecule has 1 atom stereocenters. The van der Waals surface area contributed by atoms with Gasteiger partial charge in [0.2, 0.25) is 5.91 Å². The van der Waals surface area contributed by atoms with Crippen LogP contribution in [0.5, 0.6) is 0 Å². The number of amides is 1. The SMILES string of the molecule is Bc1cccc(C)c1-c1cc(N(C=C)c2c(C)ccnc2C)c(/C(=N\C)N2CCN(C(=O)C=C)CC2C)cn1. The third-order valence-electron chi connectivity index (χ3n) is 7.45. The first-order valence-corrected chi connectivity index (χ1v) is 13.3. The molecule has 3 heterocycles. The van der Waals surface area contributed by atoms with Gasteiger partial charge in [-0.2, -0.15) is 0 Å². The average Bonchev–Trinajstić information content (AvgIpc) is 2.92. The van der Waals surface area contributed by atoms with Crippen molar-refractivity contribution in [1.29, 1.82) is 0 Å². The van der Waals surface area contributed by atoms with Crippen LogP contribution in [-0.2, 0) is 4.79 Å². The first-order chi connectivity index (χ1) is 18.7. The highest BCUT2D eigenvalue weighted by Crippen LogP contribution is 2.36. The molecule has 1 amide bonds. The molecule has 0 aliphatic carbocycles. The van der Waals surface area contributed by atoms with Gasteiger partial charge in [0, 0.05) is 51.3 Å². The third-order valence-corrected chi connectivity index (χ3v) is 7.45. The minimum Gasteiger partial charge on any atom is -0.350 e. The van der Waals surface area contributed by atoms with E-state index in [9.17, 15) is 4.79 Å². The van der Waals surface area contributed by atoms with E-state index in [2.05, 4.69) is 80.8 Å². The normalized spacial score (nSPS) is 15.7. The summed E-state index contributed by atoms with van der Waals surface area (Å²) in [6, 6.07) is 10.5. The quantitative estimate of drug-likeness (QED) is 0.215. The van der Waals surface area contributed by atoms with Gasteiger partial charge in [0.1, 0.15) is 13.7 Å². The Kier molecular flexibility index (Phi) is 8.34. The molecule has 39 heavy (non-hydrogen) atoms. The number of anilines is 2. The van der Waals surface area contributed by atoms with Gasteiger partial charge in [-0.1, -0.05) is 36.8 Å². The maximum absolute atomic E-state index is 12.3. The smallest absolute Gasteiger partial charge is 0.246 e. The third kappa shape index (κ3) is 5.37. The molecule has 1 aliphatic heterocycles. The number of aliphatic imine (C=N–C) groups is 1. The largest absolute Gasteiger partial charge is 0.350 e. The first-order valence-electron chi connectivity index (χ1n) is 13.3. The van der Waals surface area contributed by atoms with Crippen LogP contribution >= 0.6 is 0 Å². The molecule has 0 N–H and O–H groups in total. The van der Waals surface area contributed by atoms with E-state index in [0.717, 1.165) is 45.3 Å². The van der Waals surface area contributed by atoms with Crippen molar-refractivity contribution in [3.8, 4) is 11.3 Å². The molecule has 4 rings (SSSR count). The van der Waals surface area contributed by atoms with Crippen LogP contribution < -0.4 is 10.4 Å². The molecule has 0 spiro atoms. The van der Waals surface area contributed by atoms with Crippen LogP contribution in [0.4, 0.5) is 11.4 Å². The lowest BCUT2D eigenvalue weighted by Crippen LogP contribution is -2.55. The van der Waals surface area contributed by atoms with Gasteiger partial charge < -0.3 is 14.7 Å². The zero-order valence-corrected chi connectivity index (χ0v) is 23.9. The monoisotopic (exact) mass is 520 g/mol. The van der Waals surface area contributed by atoms with Crippen LogP contribution in [0.15, 0.2) is 73.2 Å². The van der Waals surface area contributed by atoms with E-state index in [4.69, 9.17) is 9.98 Å². The molecule has 3 aromatic rings. The summed E-state index contributed by atoms with van der Waals surface area (Å²) in [5.41, 5.74) is 9.15. The van der Waals surface area contributed by atoms with E-state index in [0.29, 0.717) is 19.6 Å². The molecule has 7 nitrogen and oxygen atoms in total. The van der Waals surface area contributed by atoms with E-state index in [1.54, 1.807) is 0 Å². The van der Waals surface area contributed by atoms with Crippen molar-refractivity contribution in [1.82, 2.24) is 19.8 Å². The predicted octanol–water partition coefficient (Wildman–Crippen LogP) is 3.70. The van der Waals surface area contributed by atoms with Crippen molar-refractivity contribution in [3.05, 3.63) is 90.5 Å². The Morgan fingerprint density at radius 1 is 1.15 bits per heavy atom. The second-order valence-corrected chi connectivity index (χ2v) is 10.0. The van der Waals surface area contributed by atoms with Gasteiger partial charge >= 0.3 is 0 Å². The van der Waals surface area contributed by atoms with Crippen LogP contribution in [0.25, 0.3) is 11.3 Å². The lowest BCUT2D eigenvalue weighted by molar-refractivity contribution is -0.128. The van der Waals surface area contributed by atoms with Crippen LogP contribution in [0.3, 0.4) is 0 Å². The van der Waals surface area contributed by atoms with Gasteiger partial charge in [-0.05, 0) is 62.6 Å². The van der Waals surface area contributed by atoms with Crippen LogP contribution in [0.2, 0.25) is 0 Å². The molecule has 0 saturated carbocycles. The Bertz CT molecular complexity index is 1410. The highest BCUT2D eigenvalue weighted by molar-refractivity contribution is 6.36. The van der Waals surface area contributed by atoms with Gasteiger partial charge in [-0.3, -0.25) is 19.8 Å². The number of aryl methyl sites for hydroxylation is 3. The van der Waals surface area contributed by atoms with Crippen molar-refractivity contribution < 1.29 is 4.79 Å². The summed E-state index contributed by atoms with van der Waals surface area (Å²) >= 11 is 0. The lowest BCUT2D eigenvalue weighted by atomic mass is 9.86. The first kappa shape index (κ1) is 27.8. The summed E-state index contributed by atoms with van der Waals surface area (Å²) in [7, 11) is 3.92. The number of nitrogens with zero attached hydrogens (tertiary/aromatic N) is 6. The fraction of sp³-hybridized carbons (Fsp3) is 0.290. The predicted molar refractivity (Wildman–Crippen MR) is 164 cm³/mol. The molecule has 1 saturated heterocycles. The van der Waals surface area contributed by atoms with Crippen molar-refractivity contribution in [2.45, 2.75) is 33.7 Å². The average molecular weight is 520 g/mol. The van der Waals surface area contributed by atoms with Crippen molar-refractivity contribution in [2.75, 3.05) is 31.6 Å². The fourth-order valence-corrected chi connectivity index (χ4v) is 5.54. The zero-order chi connectivity index (χ0) is 28.3.